The molecule has 6 nitrogen and oxygen atoms in total. The van der Waals surface area contributed by atoms with Gasteiger partial charge in [0, 0.05) is 25.9 Å². The summed E-state index contributed by atoms with van der Waals surface area (Å²) < 4.78 is 5.59. The lowest BCUT2D eigenvalue weighted by atomic mass is 10.3. The van der Waals surface area contributed by atoms with Gasteiger partial charge in [0.2, 0.25) is 0 Å². The van der Waals surface area contributed by atoms with Crippen molar-refractivity contribution in [3.8, 4) is 5.75 Å². The first kappa shape index (κ1) is 16.7. The van der Waals surface area contributed by atoms with Crippen LogP contribution < -0.4 is 15.0 Å². The van der Waals surface area contributed by atoms with E-state index >= 15 is 0 Å². The Labute approximate surface area is 136 Å². The van der Waals surface area contributed by atoms with Crippen molar-refractivity contribution in [2.24, 2.45) is 0 Å². The molecule has 1 amide bonds. The highest BCUT2D eigenvalue weighted by Gasteiger charge is 2.15. The van der Waals surface area contributed by atoms with Crippen LogP contribution in [0.2, 0.25) is 0 Å². The summed E-state index contributed by atoms with van der Waals surface area (Å²) in [5.74, 6) is 1.85. The molecule has 0 aliphatic carbocycles. The van der Waals surface area contributed by atoms with Crippen LogP contribution in [0.4, 0.5) is 5.82 Å². The van der Waals surface area contributed by atoms with E-state index in [-0.39, 0.29) is 12.5 Å². The van der Waals surface area contributed by atoms with Crippen molar-refractivity contribution < 1.29 is 9.53 Å². The molecule has 0 unspecified atom stereocenters. The van der Waals surface area contributed by atoms with Crippen LogP contribution in [-0.2, 0) is 11.3 Å². The Bertz CT molecular complexity index is 659. The number of rotatable bonds is 6. The summed E-state index contributed by atoms with van der Waals surface area (Å²) in [5.41, 5.74) is 0.863. The molecular formula is C17H22N4O2. The zero-order valence-electron chi connectivity index (χ0n) is 13.9. The number of carbonyl (C=O) groups excluding carboxylic acids is 1. The van der Waals surface area contributed by atoms with Gasteiger partial charge in [-0.1, -0.05) is 18.2 Å². The molecule has 1 heterocycles. The summed E-state index contributed by atoms with van der Waals surface area (Å²) in [6.45, 7) is 3.88. The molecule has 23 heavy (non-hydrogen) atoms. The van der Waals surface area contributed by atoms with Crippen molar-refractivity contribution in [2.45, 2.75) is 26.5 Å². The summed E-state index contributed by atoms with van der Waals surface area (Å²) in [6, 6.07) is 11.2. The fraction of sp³-hybridized carbons (Fsp3) is 0.353. The Morgan fingerprint density at radius 1 is 1.26 bits per heavy atom. The van der Waals surface area contributed by atoms with Gasteiger partial charge in [-0.2, -0.15) is 0 Å². The highest BCUT2D eigenvalue weighted by atomic mass is 16.5. The lowest BCUT2D eigenvalue weighted by molar-refractivity contribution is -0.127. The van der Waals surface area contributed by atoms with Crippen LogP contribution in [0.3, 0.4) is 0 Å². The molecule has 0 bridgehead atoms. The summed E-state index contributed by atoms with van der Waals surface area (Å²) in [5, 5.41) is 2.80. The number of carbonyl (C=O) groups is 1. The third-order valence-electron chi connectivity index (χ3n) is 3.19. The van der Waals surface area contributed by atoms with Gasteiger partial charge in [-0.25, -0.2) is 9.97 Å². The largest absolute Gasteiger partial charge is 0.481 e. The number of hydrogen-bond donors (Lipinski definition) is 1. The Balaban J connectivity index is 1.93. The van der Waals surface area contributed by atoms with E-state index in [1.807, 2.05) is 62.3 Å². The average molecular weight is 314 g/mol. The minimum absolute atomic E-state index is 0.203. The highest BCUT2D eigenvalue weighted by molar-refractivity contribution is 5.80. The second kappa shape index (κ2) is 7.58. The maximum Gasteiger partial charge on any atom is 0.261 e. The first-order valence-electron chi connectivity index (χ1n) is 7.47. The van der Waals surface area contributed by atoms with Gasteiger partial charge in [-0.05, 0) is 26.0 Å². The van der Waals surface area contributed by atoms with Crippen LogP contribution in [-0.4, -0.2) is 36.1 Å². The first-order valence-corrected chi connectivity index (χ1v) is 7.47. The number of aryl methyl sites for hydroxylation is 1. The van der Waals surface area contributed by atoms with Gasteiger partial charge < -0.3 is 15.0 Å². The summed E-state index contributed by atoms with van der Waals surface area (Å²) in [7, 11) is 3.83. The van der Waals surface area contributed by atoms with E-state index in [1.165, 1.54) is 0 Å². The number of hydrogen-bond acceptors (Lipinski definition) is 5. The van der Waals surface area contributed by atoms with E-state index in [2.05, 4.69) is 15.3 Å². The molecule has 0 spiro atoms. The van der Waals surface area contributed by atoms with Gasteiger partial charge in [-0.15, -0.1) is 0 Å². The predicted molar refractivity (Wildman–Crippen MR) is 89.5 cm³/mol. The van der Waals surface area contributed by atoms with Crippen molar-refractivity contribution in [3.63, 3.8) is 0 Å². The maximum atomic E-state index is 12.1. The Morgan fingerprint density at radius 3 is 2.61 bits per heavy atom. The molecule has 2 aromatic rings. The van der Waals surface area contributed by atoms with Gasteiger partial charge in [0.25, 0.3) is 5.91 Å². The van der Waals surface area contributed by atoms with Gasteiger partial charge in [0.1, 0.15) is 17.4 Å². The number of amides is 1. The minimum Gasteiger partial charge on any atom is -0.481 e. The fourth-order valence-corrected chi connectivity index (χ4v) is 1.99. The molecule has 0 fully saturated rings. The number of ether oxygens (including phenoxy) is 1. The lowest BCUT2D eigenvalue weighted by Crippen LogP contribution is -2.36. The molecule has 0 saturated carbocycles. The van der Waals surface area contributed by atoms with E-state index in [9.17, 15) is 4.79 Å². The molecular weight excluding hydrogens is 292 g/mol. The number of para-hydroxylation sites is 1. The zero-order valence-corrected chi connectivity index (χ0v) is 13.9. The zero-order chi connectivity index (χ0) is 16.8. The van der Waals surface area contributed by atoms with Gasteiger partial charge >= 0.3 is 0 Å². The monoisotopic (exact) mass is 314 g/mol. The van der Waals surface area contributed by atoms with Gasteiger partial charge in [0.15, 0.2) is 6.10 Å². The van der Waals surface area contributed by atoms with Crippen LogP contribution in [0.1, 0.15) is 18.4 Å². The van der Waals surface area contributed by atoms with Crippen molar-refractivity contribution in [1.82, 2.24) is 15.3 Å². The summed E-state index contributed by atoms with van der Waals surface area (Å²) in [4.78, 5) is 22.8. The molecule has 0 aliphatic heterocycles. The maximum absolute atomic E-state index is 12.1. The van der Waals surface area contributed by atoms with E-state index in [0.29, 0.717) is 11.6 Å². The number of nitrogens with one attached hydrogen (secondary N) is 1. The predicted octanol–water partition coefficient (Wildman–Crippen LogP) is 1.93. The van der Waals surface area contributed by atoms with Crippen LogP contribution >= 0.6 is 0 Å². The van der Waals surface area contributed by atoms with Crippen LogP contribution in [0, 0.1) is 6.92 Å². The first-order chi connectivity index (χ1) is 11.0. The lowest BCUT2D eigenvalue weighted by Gasteiger charge is -2.16. The molecule has 0 radical (unpaired) electrons. The Kier molecular flexibility index (Phi) is 5.51. The van der Waals surface area contributed by atoms with Crippen molar-refractivity contribution >= 4 is 11.7 Å². The third kappa shape index (κ3) is 4.95. The number of anilines is 1. The molecule has 122 valence electrons. The average Bonchev–Trinajstić information content (AvgIpc) is 2.53. The molecule has 1 atom stereocenters. The Hall–Kier alpha value is -2.63. The van der Waals surface area contributed by atoms with Crippen molar-refractivity contribution in [1.29, 1.82) is 0 Å². The molecule has 1 N–H and O–H groups in total. The molecule has 6 heteroatoms. The third-order valence-corrected chi connectivity index (χ3v) is 3.19. The highest BCUT2D eigenvalue weighted by Crippen LogP contribution is 2.11. The van der Waals surface area contributed by atoms with Gasteiger partial charge in [0.05, 0.1) is 6.54 Å². The molecule has 1 aromatic carbocycles. The Morgan fingerprint density at radius 2 is 1.96 bits per heavy atom. The quantitative estimate of drug-likeness (QED) is 0.882. The topological polar surface area (TPSA) is 67.4 Å². The molecule has 0 saturated heterocycles. The SMILES string of the molecule is Cc1cc(N(C)C)nc(CNC(=O)[C@@H](C)Oc2ccccc2)n1. The van der Waals surface area contributed by atoms with Crippen LogP contribution in [0.25, 0.3) is 0 Å². The van der Waals surface area contributed by atoms with Gasteiger partial charge in [-0.3, -0.25) is 4.79 Å². The molecule has 2 rings (SSSR count). The van der Waals surface area contributed by atoms with Crippen molar-refractivity contribution in [2.75, 3.05) is 19.0 Å². The van der Waals surface area contributed by atoms with E-state index < -0.39 is 6.10 Å². The molecule has 1 aromatic heterocycles. The normalized spacial score (nSPS) is 11.7. The minimum atomic E-state index is -0.587. The second-order valence-corrected chi connectivity index (χ2v) is 5.47. The number of aromatic nitrogens is 2. The van der Waals surface area contributed by atoms with Crippen molar-refractivity contribution in [3.05, 3.63) is 47.9 Å². The number of nitrogens with zero attached hydrogens (tertiary/aromatic N) is 3. The fourth-order valence-electron chi connectivity index (χ4n) is 1.99. The second-order valence-electron chi connectivity index (χ2n) is 5.47. The summed E-state index contributed by atoms with van der Waals surface area (Å²) in [6.07, 6.45) is -0.587. The van der Waals surface area contributed by atoms with E-state index in [4.69, 9.17) is 4.74 Å². The van der Waals surface area contributed by atoms with Crippen LogP contribution in [0.15, 0.2) is 36.4 Å². The standard InChI is InChI=1S/C17H22N4O2/c1-12-10-16(21(3)4)20-15(19-12)11-18-17(22)13(2)23-14-8-6-5-7-9-14/h5-10,13H,11H2,1-4H3,(H,18,22)/t13-/m1/s1. The smallest absolute Gasteiger partial charge is 0.261 e. The van der Waals surface area contributed by atoms with Crippen LogP contribution in [0.5, 0.6) is 5.75 Å². The molecule has 0 aliphatic rings. The summed E-state index contributed by atoms with van der Waals surface area (Å²) >= 11 is 0. The number of benzene rings is 1. The van der Waals surface area contributed by atoms with E-state index in [0.717, 1.165) is 11.5 Å². The van der Waals surface area contributed by atoms with E-state index in [1.54, 1.807) is 6.92 Å².